The molecule has 0 radical (unpaired) electrons. The molecule has 0 amide bonds. The highest BCUT2D eigenvalue weighted by atomic mass is 16.7. The van der Waals surface area contributed by atoms with Crippen LogP contribution in [0.4, 0.5) is 0 Å². The second-order valence-electron chi connectivity index (χ2n) is 6.84. The molecule has 1 fully saturated rings. The number of ether oxygens (including phenoxy) is 5. The normalized spacial score (nSPS) is 23.2. The lowest BCUT2D eigenvalue weighted by molar-refractivity contribution is 0.173. The number of hydrogen-bond donors (Lipinski definition) is 0. The van der Waals surface area contributed by atoms with E-state index in [0.717, 1.165) is 49.1 Å². The van der Waals surface area contributed by atoms with Crippen molar-refractivity contribution in [2.75, 3.05) is 26.8 Å². The predicted octanol–water partition coefficient (Wildman–Crippen LogP) is 3.19. The molecule has 0 aromatic heterocycles. The van der Waals surface area contributed by atoms with Crippen molar-refractivity contribution in [2.24, 2.45) is 11.8 Å². The van der Waals surface area contributed by atoms with E-state index >= 15 is 0 Å². The smallest absolute Gasteiger partial charge is 0.231 e. The minimum absolute atomic E-state index is 0.318. The Morgan fingerprint density at radius 1 is 0.640 bits per heavy atom. The second-order valence-corrected chi connectivity index (χ2v) is 6.84. The Morgan fingerprint density at radius 2 is 1.12 bits per heavy atom. The molecule has 5 nitrogen and oxygen atoms in total. The van der Waals surface area contributed by atoms with E-state index in [-0.39, 0.29) is 0 Å². The van der Waals surface area contributed by atoms with Crippen LogP contribution in [0, 0.1) is 11.8 Å². The van der Waals surface area contributed by atoms with Crippen LogP contribution in [0.15, 0.2) is 36.4 Å². The fourth-order valence-corrected chi connectivity index (χ4v) is 3.84. The van der Waals surface area contributed by atoms with Crippen LogP contribution in [0.3, 0.4) is 0 Å². The Hall–Kier alpha value is -2.40. The average Bonchev–Trinajstić information content (AvgIpc) is 3.35. The maximum absolute atomic E-state index is 5.79. The van der Waals surface area contributed by atoms with Crippen LogP contribution in [0.5, 0.6) is 23.0 Å². The second kappa shape index (κ2) is 6.15. The summed E-state index contributed by atoms with van der Waals surface area (Å²) in [6.07, 6.45) is 1.98. The van der Waals surface area contributed by atoms with Gasteiger partial charge in [0.15, 0.2) is 23.0 Å². The first-order valence-electron chi connectivity index (χ1n) is 8.70. The monoisotopic (exact) mass is 340 g/mol. The molecule has 1 saturated heterocycles. The highest BCUT2D eigenvalue weighted by molar-refractivity contribution is 5.45. The first-order valence-corrected chi connectivity index (χ1v) is 8.70. The van der Waals surface area contributed by atoms with Crippen molar-refractivity contribution in [3.63, 3.8) is 0 Å². The quantitative estimate of drug-likeness (QED) is 0.855. The Kier molecular flexibility index (Phi) is 3.67. The minimum Gasteiger partial charge on any atom is -0.454 e. The summed E-state index contributed by atoms with van der Waals surface area (Å²) in [5.74, 6) is 4.38. The van der Waals surface area contributed by atoms with Gasteiger partial charge in [-0.25, -0.2) is 0 Å². The van der Waals surface area contributed by atoms with Crippen molar-refractivity contribution >= 4 is 0 Å². The van der Waals surface area contributed by atoms with Crippen LogP contribution < -0.4 is 18.9 Å². The molecular formula is C20H20O5. The molecular weight excluding hydrogens is 320 g/mol. The van der Waals surface area contributed by atoms with Crippen molar-refractivity contribution < 1.29 is 23.7 Å². The van der Waals surface area contributed by atoms with E-state index in [2.05, 4.69) is 24.3 Å². The highest BCUT2D eigenvalue weighted by Gasteiger charge is 2.29. The third kappa shape index (κ3) is 2.89. The number of rotatable bonds is 4. The van der Waals surface area contributed by atoms with Crippen LogP contribution in [-0.2, 0) is 17.6 Å². The van der Waals surface area contributed by atoms with Gasteiger partial charge in [0.2, 0.25) is 13.6 Å². The van der Waals surface area contributed by atoms with Gasteiger partial charge in [-0.3, -0.25) is 0 Å². The maximum Gasteiger partial charge on any atom is 0.231 e. The van der Waals surface area contributed by atoms with E-state index in [1.807, 2.05) is 12.1 Å². The van der Waals surface area contributed by atoms with E-state index < -0.39 is 0 Å². The van der Waals surface area contributed by atoms with Gasteiger partial charge in [-0.15, -0.1) is 0 Å². The molecule has 130 valence electrons. The van der Waals surface area contributed by atoms with Gasteiger partial charge in [0.05, 0.1) is 13.2 Å². The summed E-state index contributed by atoms with van der Waals surface area (Å²) in [7, 11) is 0. The van der Waals surface area contributed by atoms with Gasteiger partial charge in [-0.05, 0) is 60.1 Å². The molecule has 0 aliphatic carbocycles. The van der Waals surface area contributed by atoms with E-state index in [9.17, 15) is 0 Å². The maximum atomic E-state index is 5.79. The highest BCUT2D eigenvalue weighted by Crippen LogP contribution is 2.37. The van der Waals surface area contributed by atoms with Crippen molar-refractivity contribution in [3.05, 3.63) is 47.5 Å². The molecule has 0 bridgehead atoms. The molecule has 2 unspecified atom stereocenters. The van der Waals surface area contributed by atoms with Gasteiger partial charge in [0.1, 0.15) is 0 Å². The zero-order valence-electron chi connectivity index (χ0n) is 13.9. The van der Waals surface area contributed by atoms with E-state index in [1.165, 1.54) is 11.1 Å². The Balaban J connectivity index is 1.29. The molecule has 5 rings (SSSR count). The SMILES string of the molecule is c1cc2c(cc1CC1COCC1Cc1ccc3c(c1)OCO3)OCO2. The van der Waals surface area contributed by atoms with Crippen LogP contribution in [0.1, 0.15) is 11.1 Å². The van der Waals surface area contributed by atoms with Gasteiger partial charge in [-0.1, -0.05) is 12.1 Å². The fraction of sp³-hybridized carbons (Fsp3) is 0.400. The molecule has 3 aliphatic rings. The van der Waals surface area contributed by atoms with Crippen molar-refractivity contribution in [3.8, 4) is 23.0 Å². The lowest BCUT2D eigenvalue weighted by Crippen LogP contribution is -2.17. The molecule has 5 heteroatoms. The molecule has 25 heavy (non-hydrogen) atoms. The molecule has 0 spiro atoms. The summed E-state index contributed by atoms with van der Waals surface area (Å²) in [6.45, 7) is 2.25. The molecule has 0 N–H and O–H groups in total. The Morgan fingerprint density at radius 3 is 1.64 bits per heavy atom. The molecule has 2 aromatic rings. The van der Waals surface area contributed by atoms with Gasteiger partial charge in [0, 0.05) is 0 Å². The molecule has 2 atom stereocenters. The van der Waals surface area contributed by atoms with Crippen molar-refractivity contribution in [1.82, 2.24) is 0 Å². The molecule has 3 heterocycles. The zero-order chi connectivity index (χ0) is 16.6. The summed E-state index contributed by atoms with van der Waals surface area (Å²) >= 11 is 0. The zero-order valence-corrected chi connectivity index (χ0v) is 13.9. The Labute approximate surface area is 146 Å². The van der Waals surface area contributed by atoms with E-state index in [0.29, 0.717) is 25.4 Å². The predicted molar refractivity (Wildman–Crippen MR) is 90.3 cm³/mol. The summed E-state index contributed by atoms with van der Waals surface area (Å²) in [5.41, 5.74) is 2.55. The lowest BCUT2D eigenvalue weighted by Gasteiger charge is -2.18. The first kappa shape index (κ1) is 14.9. The van der Waals surface area contributed by atoms with Crippen LogP contribution in [-0.4, -0.2) is 26.8 Å². The standard InChI is InChI=1S/C20H20O5/c1-3-17-19(24-11-22-17)7-13(1)5-15-9-21-10-16(15)6-14-2-4-18-20(8-14)25-12-23-18/h1-4,7-8,15-16H,5-6,9-12H2. The summed E-state index contributed by atoms with van der Waals surface area (Å²) in [6, 6.07) is 12.4. The fourth-order valence-electron chi connectivity index (χ4n) is 3.84. The van der Waals surface area contributed by atoms with Gasteiger partial charge < -0.3 is 23.7 Å². The van der Waals surface area contributed by atoms with Gasteiger partial charge in [-0.2, -0.15) is 0 Å². The third-order valence-electron chi connectivity index (χ3n) is 5.20. The topological polar surface area (TPSA) is 46.2 Å². The van der Waals surface area contributed by atoms with Crippen molar-refractivity contribution in [1.29, 1.82) is 0 Å². The lowest BCUT2D eigenvalue weighted by atomic mass is 9.85. The van der Waals surface area contributed by atoms with Crippen molar-refractivity contribution in [2.45, 2.75) is 12.8 Å². The largest absolute Gasteiger partial charge is 0.454 e. The first-order chi connectivity index (χ1) is 12.3. The third-order valence-corrected chi connectivity index (χ3v) is 5.20. The average molecular weight is 340 g/mol. The summed E-state index contributed by atoms with van der Waals surface area (Å²) in [5, 5.41) is 0. The van der Waals surface area contributed by atoms with E-state index in [4.69, 9.17) is 23.7 Å². The van der Waals surface area contributed by atoms with Gasteiger partial charge in [0.25, 0.3) is 0 Å². The van der Waals surface area contributed by atoms with Crippen LogP contribution in [0.25, 0.3) is 0 Å². The molecule has 2 aromatic carbocycles. The molecule has 3 aliphatic heterocycles. The summed E-state index contributed by atoms with van der Waals surface area (Å²) in [4.78, 5) is 0. The van der Waals surface area contributed by atoms with Gasteiger partial charge >= 0.3 is 0 Å². The number of fused-ring (bicyclic) bond motifs is 2. The van der Waals surface area contributed by atoms with Crippen LogP contribution >= 0.6 is 0 Å². The van der Waals surface area contributed by atoms with Crippen LogP contribution in [0.2, 0.25) is 0 Å². The summed E-state index contributed by atoms with van der Waals surface area (Å²) < 4.78 is 27.5. The number of hydrogen-bond acceptors (Lipinski definition) is 5. The van der Waals surface area contributed by atoms with E-state index in [1.54, 1.807) is 0 Å². The molecule has 0 saturated carbocycles. The Bertz CT molecular complexity index is 722. The number of benzene rings is 2. The minimum atomic E-state index is 0.318.